The number of amides is 1. The first-order valence-corrected chi connectivity index (χ1v) is 11.1. The van der Waals surface area contributed by atoms with Crippen LogP contribution in [0, 0.1) is 5.92 Å². The molecule has 0 aromatic heterocycles. The quantitative estimate of drug-likeness (QED) is 0.791. The van der Waals surface area contributed by atoms with Crippen LogP contribution in [0.1, 0.15) is 31.7 Å². The van der Waals surface area contributed by atoms with Gasteiger partial charge in [0.25, 0.3) is 0 Å². The van der Waals surface area contributed by atoms with Crippen molar-refractivity contribution in [1.82, 2.24) is 9.21 Å². The summed E-state index contributed by atoms with van der Waals surface area (Å²) in [4.78, 5) is 15.5. The zero-order valence-electron chi connectivity index (χ0n) is 15.8. The summed E-state index contributed by atoms with van der Waals surface area (Å²) in [5, 5.41) is 0. The zero-order valence-corrected chi connectivity index (χ0v) is 17.5. The Morgan fingerprint density at radius 1 is 1.19 bits per heavy atom. The number of piperidine rings is 1. The molecule has 0 saturated carbocycles. The molecule has 1 amide bonds. The van der Waals surface area contributed by atoms with Crippen LogP contribution in [0.15, 0.2) is 30.3 Å². The number of nitrogens with zero attached hydrogens (tertiary/aromatic N) is 2. The second-order valence-electron chi connectivity index (χ2n) is 7.39. The molecule has 152 valence electrons. The highest BCUT2D eigenvalue weighted by Crippen LogP contribution is 2.39. The van der Waals surface area contributed by atoms with Gasteiger partial charge in [-0.15, -0.1) is 12.4 Å². The van der Waals surface area contributed by atoms with Gasteiger partial charge < -0.3 is 10.6 Å². The maximum Gasteiger partial charge on any atom is 0.233 e. The monoisotopic (exact) mass is 415 g/mol. The number of carbonyl (C=O) groups excluding carboxylic acids is 1. The van der Waals surface area contributed by atoms with Gasteiger partial charge in [-0.2, -0.15) is 0 Å². The van der Waals surface area contributed by atoms with Gasteiger partial charge in [0.15, 0.2) is 0 Å². The minimum Gasteiger partial charge on any atom is -0.342 e. The van der Waals surface area contributed by atoms with Gasteiger partial charge >= 0.3 is 0 Å². The van der Waals surface area contributed by atoms with E-state index in [1.807, 2.05) is 35.2 Å². The molecule has 2 saturated heterocycles. The zero-order chi connectivity index (χ0) is 18.8. The van der Waals surface area contributed by atoms with Crippen molar-refractivity contribution in [3.05, 3.63) is 35.9 Å². The first-order chi connectivity index (χ1) is 12.4. The molecule has 8 heteroatoms. The second-order valence-corrected chi connectivity index (χ2v) is 9.65. The number of sulfonamides is 1. The van der Waals surface area contributed by atoms with Crippen molar-refractivity contribution >= 4 is 28.3 Å². The molecule has 3 rings (SSSR count). The topological polar surface area (TPSA) is 83.7 Å². The lowest BCUT2D eigenvalue weighted by Crippen LogP contribution is -2.53. The van der Waals surface area contributed by atoms with Crippen molar-refractivity contribution in [2.45, 2.75) is 31.6 Å². The summed E-state index contributed by atoms with van der Waals surface area (Å²) >= 11 is 0. The van der Waals surface area contributed by atoms with Crippen LogP contribution in [0.5, 0.6) is 0 Å². The molecule has 27 heavy (non-hydrogen) atoms. The predicted molar refractivity (Wildman–Crippen MR) is 109 cm³/mol. The van der Waals surface area contributed by atoms with E-state index in [0.717, 1.165) is 18.5 Å². The third-order valence-corrected chi connectivity index (χ3v) is 7.86. The number of halogens is 1. The van der Waals surface area contributed by atoms with Crippen LogP contribution in [0.2, 0.25) is 0 Å². The van der Waals surface area contributed by atoms with Gasteiger partial charge in [0.1, 0.15) is 0 Å². The lowest BCUT2D eigenvalue weighted by molar-refractivity contribution is -0.138. The Bertz CT molecular complexity index is 734. The Labute approximate surface area is 168 Å². The lowest BCUT2D eigenvalue weighted by atomic mass is 9.72. The molecule has 0 bridgehead atoms. The largest absolute Gasteiger partial charge is 0.342 e. The van der Waals surface area contributed by atoms with Crippen molar-refractivity contribution in [1.29, 1.82) is 0 Å². The number of nitrogens with two attached hydrogens (primary N) is 1. The van der Waals surface area contributed by atoms with Gasteiger partial charge in [0.05, 0.1) is 11.2 Å². The van der Waals surface area contributed by atoms with Gasteiger partial charge in [-0.1, -0.05) is 30.3 Å². The average Bonchev–Trinajstić information content (AvgIpc) is 3.17. The highest BCUT2D eigenvalue weighted by Gasteiger charge is 2.47. The molecular weight excluding hydrogens is 386 g/mol. The van der Waals surface area contributed by atoms with E-state index in [0.29, 0.717) is 44.9 Å². The highest BCUT2D eigenvalue weighted by atomic mass is 35.5. The summed E-state index contributed by atoms with van der Waals surface area (Å²) in [6.07, 6.45) is 2.00. The highest BCUT2D eigenvalue weighted by molar-refractivity contribution is 7.89. The molecule has 2 heterocycles. The third-order valence-electron chi connectivity index (χ3n) is 5.98. The molecule has 2 N–H and O–H groups in total. The van der Waals surface area contributed by atoms with Crippen molar-refractivity contribution in [3.63, 3.8) is 0 Å². The number of carbonyl (C=O) groups is 1. The Kier molecular flexibility index (Phi) is 7.30. The molecule has 2 aliphatic rings. The SMILES string of the molecule is CCS(=O)(=O)N1CCC(C(=O)N2CCC(CN)C2)(c2ccccc2)CC1.Cl. The van der Waals surface area contributed by atoms with Crippen LogP contribution in [-0.4, -0.2) is 62.0 Å². The van der Waals surface area contributed by atoms with Gasteiger partial charge in [0.2, 0.25) is 15.9 Å². The van der Waals surface area contributed by atoms with Crippen LogP contribution in [0.4, 0.5) is 0 Å². The average molecular weight is 416 g/mol. The minimum atomic E-state index is -3.22. The summed E-state index contributed by atoms with van der Waals surface area (Å²) < 4.78 is 26.0. The number of rotatable bonds is 5. The fourth-order valence-corrected chi connectivity index (χ4v) is 5.33. The van der Waals surface area contributed by atoms with E-state index in [9.17, 15) is 13.2 Å². The van der Waals surface area contributed by atoms with Crippen molar-refractivity contribution in [3.8, 4) is 0 Å². The molecule has 6 nitrogen and oxygen atoms in total. The second kappa shape index (κ2) is 8.90. The summed E-state index contributed by atoms with van der Waals surface area (Å²) in [7, 11) is -3.22. The van der Waals surface area contributed by atoms with Gasteiger partial charge in [-0.3, -0.25) is 4.79 Å². The number of benzene rings is 1. The van der Waals surface area contributed by atoms with Crippen molar-refractivity contribution < 1.29 is 13.2 Å². The van der Waals surface area contributed by atoms with Gasteiger partial charge in [-0.25, -0.2) is 12.7 Å². The van der Waals surface area contributed by atoms with Crippen molar-refractivity contribution in [2.24, 2.45) is 11.7 Å². The summed E-state index contributed by atoms with van der Waals surface area (Å²) in [6, 6.07) is 9.84. The third kappa shape index (κ3) is 4.31. The Balaban J connectivity index is 0.00000261. The van der Waals surface area contributed by atoms with E-state index in [-0.39, 0.29) is 24.1 Å². The predicted octanol–water partition coefficient (Wildman–Crippen LogP) is 1.60. The molecule has 0 radical (unpaired) electrons. The number of likely N-dealkylation sites (tertiary alicyclic amines) is 1. The lowest BCUT2D eigenvalue weighted by Gasteiger charge is -2.42. The molecule has 1 atom stereocenters. The van der Waals surface area contributed by atoms with Crippen LogP contribution in [0.25, 0.3) is 0 Å². The van der Waals surface area contributed by atoms with E-state index in [1.54, 1.807) is 6.92 Å². The fourth-order valence-electron chi connectivity index (χ4n) is 4.22. The van der Waals surface area contributed by atoms with Crippen molar-refractivity contribution in [2.75, 3.05) is 38.5 Å². The standard InChI is InChI=1S/C19H29N3O3S.ClH/c1-2-26(24,25)22-12-9-19(10-13-22,17-6-4-3-5-7-17)18(23)21-11-8-16(14-20)15-21;/h3-7,16H,2,8-15,20H2,1H3;1H. The van der Waals surface area contributed by atoms with Gasteiger partial charge in [-0.05, 0) is 44.2 Å². The van der Waals surface area contributed by atoms with E-state index in [2.05, 4.69) is 0 Å². The van der Waals surface area contributed by atoms with E-state index in [4.69, 9.17) is 5.73 Å². The molecule has 2 aliphatic heterocycles. The smallest absolute Gasteiger partial charge is 0.233 e. The van der Waals surface area contributed by atoms with Crippen LogP contribution >= 0.6 is 12.4 Å². The van der Waals surface area contributed by atoms with Crippen LogP contribution in [0.3, 0.4) is 0 Å². The van der Waals surface area contributed by atoms with E-state index in [1.165, 1.54) is 4.31 Å². The molecule has 1 aromatic carbocycles. The molecular formula is C19H30ClN3O3S. The van der Waals surface area contributed by atoms with E-state index < -0.39 is 15.4 Å². The summed E-state index contributed by atoms with van der Waals surface area (Å²) in [5.74, 6) is 0.601. The summed E-state index contributed by atoms with van der Waals surface area (Å²) in [5.41, 5.74) is 6.15. The normalized spacial score (nSPS) is 23.0. The first kappa shape index (κ1) is 22.1. The Morgan fingerprint density at radius 2 is 1.81 bits per heavy atom. The van der Waals surface area contributed by atoms with E-state index >= 15 is 0 Å². The Hall–Kier alpha value is -1.15. The molecule has 2 fully saturated rings. The Morgan fingerprint density at radius 3 is 2.33 bits per heavy atom. The maximum atomic E-state index is 13.5. The number of hydrogen-bond acceptors (Lipinski definition) is 4. The molecule has 1 unspecified atom stereocenters. The molecule has 0 spiro atoms. The van der Waals surface area contributed by atoms with Crippen LogP contribution in [-0.2, 0) is 20.2 Å². The van der Waals surface area contributed by atoms with Gasteiger partial charge in [0, 0.05) is 26.2 Å². The molecule has 1 aromatic rings. The minimum absolute atomic E-state index is 0. The maximum absolute atomic E-state index is 13.5. The van der Waals surface area contributed by atoms with Crippen LogP contribution < -0.4 is 5.73 Å². The summed E-state index contributed by atoms with van der Waals surface area (Å²) in [6.45, 7) is 4.50. The number of hydrogen-bond donors (Lipinski definition) is 1. The molecule has 0 aliphatic carbocycles. The first-order valence-electron chi connectivity index (χ1n) is 9.46. The fraction of sp³-hybridized carbons (Fsp3) is 0.632.